The molecule has 1 heterocycles. The molecule has 0 N–H and O–H groups in total. The molecule has 0 radical (unpaired) electrons. The van der Waals surface area contributed by atoms with Gasteiger partial charge in [0.25, 0.3) is 0 Å². The van der Waals surface area contributed by atoms with E-state index in [9.17, 15) is 8.42 Å². The van der Waals surface area contributed by atoms with E-state index in [0.29, 0.717) is 13.0 Å². The molecular formula is C10H18ClN3O2S. The monoisotopic (exact) mass is 279 g/mol. The van der Waals surface area contributed by atoms with Crippen LogP contribution in [0, 0.1) is 0 Å². The molecule has 98 valence electrons. The summed E-state index contributed by atoms with van der Waals surface area (Å²) in [5.41, 5.74) is 0.743. The van der Waals surface area contributed by atoms with Gasteiger partial charge in [0.15, 0.2) is 0 Å². The van der Waals surface area contributed by atoms with Gasteiger partial charge in [0.05, 0.1) is 11.1 Å². The molecule has 0 amide bonds. The summed E-state index contributed by atoms with van der Waals surface area (Å²) in [6.45, 7) is 4.19. The molecule has 1 aromatic heterocycles. The van der Waals surface area contributed by atoms with Gasteiger partial charge in [-0.25, -0.2) is 8.42 Å². The average molecular weight is 280 g/mol. The van der Waals surface area contributed by atoms with E-state index >= 15 is 0 Å². The van der Waals surface area contributed by atoms with E-state index in [1.807, 2.05) is 6.92 Å². The summed E-state index contributed by atoms with van der Waals surface area (Å²) in [4.78, 5) is 0. The Hall–Kier alpha value is -0.620. The summed E-state index contributed by atoms with van der Waals surface area (Å²) >= 11 is 6.02. The smallest absolute Gasteiger partial charge is 0.150 e. The highest BCUT2D eigenvalue weighted by molar-refractivity contribution is 7.91. The zero-order valence-electron chi connectivity index (χ0n) is 10.1. The Labute approximate surface area is 107 Å². The second kappa shape index (κ2) is 6.35. The summed E-state index contributed by atoms with van der Waals surface area (Å²) in [7, 11) is -2.89. The molecule has 0 aliphatic carbocycles. The quantitative estimate of drug-likeness (QED) is 0.714. The molecule has 0 bridgehead atoms. The van der Waals surface area contributed by atoms with Crippen molar-refractivity contribution in [2.75, 3.05) is 11.5 Å². The fourth-order valence-electron chi connectivity index (χ4n) is 1.37. The predicted molar refractivity (Wildman–Crippen MR) is 67.9 cm³/mol. The molecule has 0 aromatic carbocycles. The highest BCUT2D eigenvalue weighted by Crippen LogP contribution is 2.20. The van der Waals surface area contributed by atoms with Crippen molar-refractivity contribution in [3.63, 3.8) is 0 Å². The molecule has 0 spiro atoms. The third-order valence-corrected chi connectivity index (χ3v) is 4.84. The van der Waals surface area contributed by atoms with E-state index in [4.69, 9.17) is 11.6 Å². The van der Waals surface area contributed by atoms with Crippen LogP contribution < -0.4 is 0 Å². The van der Waals surface area contributed by atoms with Gasteiger partial charge >= 0.3 is 0 Å². The van der Waals surface area contributed by atoms with Crippen LogP contribution in [0.5, 0.6) is 0 Å². The van der Waals surface area contributed by atoms with Gasteiger partial charge in [-0.1, -0.05) is 19.1 Å². The van der Waals surface area contributed by atoms with Gasteiger partial charge in [-0.05, 0) is 12.8 Å². The highest BCUT2D eigenvalue weighted by Gasteiger charge is 2.11. The van der Waals surface area contributed by atoms with Gasteiger partial charge in [-0.3, -0.25) is 4.68 Å². The van der Waals surface area contributed by atoms with E-state index < -0.39 is 9.84 Å². The third kappa shape index (κ3) is 4.63. The van der Waals surface area contributed by atoms with E-state index in [-0.39, 0.29) is 16.9 Å². The number of halogens is 1. The first kappa shape index (κ1) is 14.4. The third-order valence-electron chi connectivity index (χ3n) is 2.52. The number of hydrogen-bond acceptors (Lipinski definition) is 4. The summed E-state index contributed by atoms with van der Waals surface area (Å²) in [5, 5.41) is 7.75. The van der Waals surface area contributed by atoms with Crippen molar-refractivity contribution in [1.29, 1.82) is 0 Å². The summed E-state index contributed by atoms with van der Waals surface area (Å²) in [6, 6.07) is 0. The van der Waals surface area contributed by atoms with Crippen molar-refractivity contribution in [3.8, 4) is 0 Å². The molecule has 0 fully saturated rings. The molecule has 1 unspecified atom stereocenters. The summed E-state index contributed by atoms with van der Waals surface area (Å²) < 4.78 is 24.2. The van der Waals surface area contributed by atoms with Gasteiger partial charge in [-0.2, -0.15) is 0 Å². The van der Waals surface area contributed by atoms with Crippen LogP contribution in [0.15, 0.2) is 6.20 Å². The number of aryl methyl sites for hydroxylation is 1. The van der Waals surface area contributed by atoms with Crippen LogP contribution in [-0.2, 0) is 16.4 Å². The fraction of sp³-hybridized carbons (Fsp3) is 0.800. The Morgan fingerprint density at radius 2 is 2.18 bits per heavy atom. The van der Waals surface area contributed by atoms with Crippen LogP contribution in [0.3, 0.4) is 0 Å². The molecule has 1 atom stereocenters. The molecule has 1 aromatic rings. The molecular weight excluding hydrogens is 262 g/mol. The van der Waals surface area contributed by atoms with Crippen LogP contribution >= 0.6 is 11.6 Å². The zero-order valence-corrected chi connectivity index (χ0v) is 11.7. The fourth-order valence-corrected chi connectivity index (χ4v) is 2.32. The van der Waals surface area contributed by atoms with Gasteiger partial charge in [0.2, 0.25) is 0 Å². The minimum absolute atomic E-state index is 0.122. The Bertz CT molecular complexity index is 444. The van der Waals surface area contributed by atoms with Crippen LogP contribution in [-0.4, -0.2) is 34.9 Å². The van der Waals surface area contributed by atoms with Gasteiger partial charge in [-0.15, -0.1) is 16.7 Å². The van der Waals surface area contributed by atoms with Crippen molar-refractivity contribution in [2.45, 2.75) is 38.6 Å². The molecule has 1 rings (SSSR count). The Balaban J connectivity index is 2.45. The first-order chi connectivity index (χ1) is 7.98. The van der Waals surface area contributed by atoms with E-state index in [2.05, 4.69) is 10.3 Å². The standard InChI is InChI=1S/C10H18ClN3O2S/c1-3-9(11)10-8-14(13-12-10)6-5-7-17(15,16)4-2/h8-9H,3-7H2,1-2H3. The predicted octanol–water partition coefficient (Wildman–Crippen LogP) is 1.79. The number of alkyl halides is 1. The number of hydrogen-bond donors (Lipinski definition) is 0. The maximum atomic E-state index is 11.3. The molecule has 0 saturated heterocycles. The van der Waals surface area contributed by atoms with Crippen LogP contribution in [0.2, 0.25) is 0 Å². The number of rotatable bonds is 7. The van der Waals surface area contributed by atoms with Gasteiger partial charge in [0.1, 0.15) is 15.5 Å². The van der Waals surface area contributed by atoms with Crippen molar-refractivity contribution >= 4 is 21.4 Å². The number of aromatic nitrogens is 3. The lowest BCUT2D eigenvalue weighted by atomic mass is 10.3. The number of sulfone groups is 1. The second-order valence-electron chi connectivity index (χ2n) is 3.87. The lowest BCUT2D eigenvalue weighted by Crippen LogP contribution is -2.11. The van der Waals surface area contributed by atoms with E-state index in [0.717, 1.165) is 12.1 Å². The lowest BCUT2D eigenvalue weighted by Gasteiger charge is -2.01. The zero-order chi connectivity index (χ0) is 12.9. The van der Waals surface area contributed by atoms with Crippen LogP contribution in [0.4, 0.5) is 0 Å². The largest absolute Gasteiger partial charge is 0.252 e. The maximum Gasteiger partial charge on any atom is 0.150 e. The SMILES string of the molecule is CCC(Cl)c1cn(CCCS(=O)(=O)CC)nn1. The Morgan fingerprint density at radius 3 is 2.76 bits per heavy atom. The highest BCUT2D eigenvalue weighted by atomic mass is 35.5. The first-order valence-electron chi connectivity index (χ1n) is 5.73. The first-order valence-corrected chi connectivity index (χ1v) is 7.98. The second-order valence-corrected chi connectivity index (χ2v) is 6.87. The summed E-state index contributed by atoms with van der Waals surface area (Å²) in [5.74, 6) is 0.381. The minimum atomic E-state index is -2.89. The van der Waals surface area contributed by atoms with Crippen molar-refractivity contribution < 1.29 is 8.42 Å². The Kier molecular flexibility index (Phi) is 5.39. The van der Waals surface area contributed by atoms with Crippen LogP contribution in [0.25, 0.3) is 0 Å². The van der Waals surface area contributed by atoms with Crippen LogP contribution in [0.1, 0.15) is 37.8 Å². The van der Waals surface area contributed by atoms with E-state index in [1.165, 1.54) is 0 Å². The molecule has 17 heavy (non-hydrogen) atoms. The van der Waals surface area contributed by atoms with Gasteiger partial charge in [0, 0.05) is 18.5 Å². The lowest BCUT2D eigenvalue weighted by molar-refractivity contribution is 0.562. The molecule has 0 aliphatic heterocycles. The molecule has 7 heteroatoms. The maximum absolute atomic E-state index is 11.3. The summed E-state index contributed by atoms with van der Waals surface area (Å²) in [6.07, 6.45) is 3.13. The van der Waals surface area contributed by atoms with Crippen molar-refractivity contribution in [1.82, 2.24) is 15.0 Å². The van der Waals surface area contributed by atoms with Gasteiger partial charge < -0.3 is 0 Å². The molecule has 0 aliphatic rings. The average Bonchev–Trinajstić information content (AvgIpc) is 2.76. The number of nitrogens with zero attached hydrogens (tertiary/aromatic N) is 3. The Morgan fingerprint density at radius 1 is 1.47 bits per heavy atom. The minimum Gasteiger partial charge on any atom is -0.252 e. The molecule has 5 nitrogen and oxygen atoms in total. The van der Waals surface area contributed by atoms with Crippen molar-refractivity contribution in [2.24, 2.45) is 0 Å². The molecule has 0 saturated carbocycles. The van der Waals surface area contributed by atoms with Crippen molar-refractivity contribution in [3.05, 3.63) is 11.9 Å². The van der Waals surface area contributed by atoms with E-state index in [1.54, 1.807) is 17.8 Å². The topological polar surface area (TPSA) is 64.8 Å². The normalized spacial score (nSPS) is 13.8.